The van der Waals surface area contributed by atoms with Gasteiger partial charge in [-0.15, -0.1) is 0 Å². The second-order valence-electron chi connectivity index (χ2n) is 2.40. The number of phenolic OH excluding ortho intramolecular Hbond substituents is 2. The molecule has 0 fully saturated rings. The standard InChI is InChI=1S/C7H7ClO4S/c8-5-1-4(3-13(11)12)7(10)6(9)2-5/h1-2,9-10H,3H2,(H,11,12). The Labute approximate surface area is 82.1 Å². The first-order chi connectivity index (χ1) is 6.00. The number of hydrogen-bond donors (Lipinski definition) is 3. The van der Waals surface area contributed by atoms with E-state index in [1.54, 1.807) is 0 Å². The van der Waals surface area contributed by atoms with Crippen molar-refractivity contribution < 1.29 is 19.0 Å². The van der Waals surface area contributed by atoms with Crippen molar-refractivity contribution in [2.24, 2.45) is 0 Å². The molecule has 0 aliphatic rings. The minimum atomic E-state index is -2.07. The molecule has 6 heteroatoms. The van der Waals surface area contributed by atoms with Crippen LogP contribution in [0.15, 0.2) is 12.1 Å². The van der Waals surface area contributed by atoms with E-state index in [9.17, 15) is 9.32 Å². The molecule has 0 radical (unpaired) electrons. The molecule has 1 aromatic carbocycles. The summed E-state index contributed by atoms with van der Waals surface area (Å²) in [6, 6.07) is 2.48. The van der Waals surface area contributed by atoms with E-state index in [1.165, 1.54) is 6.07 Å². The van der Waals surface area contributed by atoms with Crippen molar-refractivity contribution in [3.05, 3.63) is 22.7 Å². The van der Waals surface area contributed by atoms with Gasteiger partial charge in [0.1, 0.15) is 0 Å². The average molecular weight is 223 g/mol. The molecule has 0 saturated heterocycles. The van der Waals surface area contributed by atoms with Crippen molar-refractivity contribution in [1.29, 1.82) is 0 Å². The molecule has 0 saturated carbocycles. The summed E-state index contributed by atoms with van der Waals surface area (Å²) in [6.45, 7) is 0. The lowest BCUT2D eigenvalue weighted by Crippen LogP contribution is -1.93. The molecule has 1 unspecified atom stereocenters. The Morgan fingerprint density at radius 3 is 2.54 bits per heavy atom. The Balaban J connectivity index is 3.12. The smallest absolute Gasteiger partial charge is 0.161 e. The normalized spacial score (nSPS) is 12.8. The fraction of sp³-hybridized carbons (Fsp3) is 0.143. The van der Waals surface area contributed by atoms with Gasteiger partial charge < -0.3 is 14.8 Å². The van der Waals surface area contributed by atoms with E-state index in [-0.39, 0.29) is 16.3 Å². The van der Waals surface area contributed by atoms with Crippen LogP contribution in [-0.4, -0.2) is 19.0 Å². The van der Waals surface area contributed by atoms with Crippen molar-refractivity contribution in [3.8, 4) is 11.5 Å². The minimum absolute atomic E-state index is 0.144. The van der Waals surface area contributed by atoms with Gasteiger partial charge >= 0.3 is 0 Å². The lowest BCUT2D eigenvalue weighted by molar-refractivity contribution is 0.400. The molecular formula is C7H7ClO4S. The Morgan fingerprint density at radius 1 is 1.38 bits per heavy atom. The molecule has 3 N–H and O–H groups in total. The molecule has 1 rings (SSSR count). The molecule has 0 heterocycles. The van der Waals surface area contributed by atoms with Gasteiger partial charge in [0.2, 0.25) is 0 Å². The topological polar surface area (TPSA) is 77.8 Å². The third-order valence-corrected chi connectivity index (χ3v) is 2.19. The molecule has 0 aliphatic heterocycles. The van der Waals surface area contributed by atoms with Crippen LogP contribution in [0.2, 0.25) is 5.02 Å². The van der Waals surface area contributed by atoms with E-state index in [0.29, 0.717) is 0 Å². The maximum atomic E-state index is 10.4. The predicted molar refractivity (Wildman–Crippen MR) is 49.3 cm³/mol. The first-order valence-corrected chi connectivity index (χ1v) is 4.94. The summed E-state index contributed by atoms with van der Waals surface area (Å²) in [5.74, 6) is -1.07. The molecule has 1 atom stereocenters. The molecule has 1 aromatic rings. The number of rotatable bonds is 2. The molecule has 4 nitrogen and oxygen atoms in total. The van der Waals surface area contributed by atoms with Crippen LogP contribution in [0.5, 0.6) is 11.5 Å². The first-order valence-electron chi connectivity index (χ1n) is 3.28. The molecule has 0 spiro atoms. The van der Waals surface area contributed by atoms with Crippen molar-refractivity contribution in [2.45, 2.75) is 5.75 Å². The van der Waals surface area contributed by atoms with Crippen molar-refractivity contribution in [3.63, 3.8) is 0 Å². The van der Waals surface area contributed by atoms with Crippen LogP contribution in [-0.2, 0) is 16.8 Å². The second-order valence-corrected chi connectivity index (χ2v) is 3.77. The summed E-state index contributed by atoms with van der Waals surface area (Å²) < 4.78 is 19.0. The van der Waals surface area contributed by atoms with E-state index < -0.39 is 22.6 Å². The summed E-state index contributed by atoms with van der Waals surface area (Å²) in [5.41, 5.74) is 0.144. The Bertz CT molecular complexity index is 353. The lowest BCUT2D eigenvalue weighted by Gasteiger charge is -2.04. The van der Waals surface area contributed by atoms with Crippen molar-refractivity contribution >= 4 is 22.7 Å². The van der Waals surface area contributed by atoms with Crippen LogP contribution in [0, 0.1) is 0 Å². The second kappa shape index (κ2) is 3.95. The van der Waals surface area contributed by atoms with Gasteiger partial charge in [-0.25, -0.2) is 4.21 Å². The predicted octanol–water partition coefficient (Wildman–Crippen LogP) is 1.47. The highest BCUT2D eigenvalue weighted by atomic mass is 35.5. The fourth-order valence-electron chi connectivity index (χ4n) is 0.883. The van der Waals surface area contributed by atoms with Crippen LogP contribution >= 0.6 is 11.6 Å². The molecule has 72 valence electrons. The Kier molecular flexibility index (Phi) is 3.13. The molecule has 0 aromatic heterocycles. The summed E-state index contributed by atoms with van der Waals surface area (Å²) in [5, 5.41) is 18.5. The lowest BCUT2D eigenvalue weighted by atomic mass is 10.2. The third kappa shape index (κ3) is 2.58. The van der Waals surface area contributed by atoms with E-state index in [4.69, 9.17) is 21.3 Å². The summed E-state index contributed by atoms with van der Waals surface area (Å²) >= 11 is 3.48. The zero-order valence-electron chi connectivity index (χ0n) is 6.40. The van der Waals surface area contributed by atoms with Crippen LogP contribution in [0.25, 0.3) is 0 Å². The molecule has 0 amide bonds. The number of benzene rings is 1. The summed E-state index contributed by atoms with van der Waals surface area (Å²) in [6.07, 6.45) is 0. The number of aromatic hydroxyl groups is 2. The molecule has 0 bridgehead atoms. The van der Waals surface area contributed by atoms with Gasteiger partial charge in [0.05, 0.1) is 5.75 Å². The van der Waals surface area contributed by atoms with E-state index in [0.717, 1.165) is 6.07 Å². The number of hydrogen-bond acceptors (Lipinski definition) is 3. The van der Waals surface area contributed by atoms with Gasteiger partial charge in [-0.1, -0.05) is 11.6 Å². The maximum Gasteiger partial charge on any atom is 0.161 e. The zero-order chi connectivity index (χ0) is 10.0. The largest absolute Gasteiger partial charge is 0.504 e. The zero-order valence-corrected chi connectivity index (χ0v) is 7.97. The number of phenols is 2. The highest BCUT2D eigenvalue weighted by molar-refractivity contribution is 7.78. The van der Waals surface area contributed by atoms with Crippen LogP contribution in [0.3, 0.4) is 0 Å². The summed E-state index contributed by atoms with van der Waals surface area (Å²) in [4.78, 5) is 0. The van der Waals surface area contributed by atoms with Crippen molar-refractivity contribution in [2.75, 3.05) is 0 Å². The molecule has 0 aliphatic carbocycles. The summed E-state index contributed by atoms with van der Waals surface area (Å²) in [7, 11) is 0. The SMILES string of the molecule is O=S(O)Cc1cc(Cl)cc(O)c1O. The van der Waals surface area contributed by atoms with Gasteiger partial charge in [-0.2, -0.15) is 0 Å². The fourth-order valence-corrected chi connectivity index (χ4v) is 1.60. The van der Waals surface area contributed by atoms with Crippen LogP contribution in [0.4, 0.5) is 0 Å². The molecule has 13 heavy (non-hydrogen) atoms. The highest BCUT2D eigenvalue weighted by Gasteiger charge is 2.10. The maximum absolute atomic E-state index is 10.4. The minimum Gasteiger partial charge on any atom is -0.504 e. The van der Waals surface area contributed by atoms with Gasteiger partial charge in [-0.05, 0) is 6.07 Å². The molecular weight excluding hydrogens is 216 g/mol. The van der Waals surface area contributed by atoms with E-state index >= 15 is 0 Å². The number of halogens is 1. The Hall–Kier alpha value is -0.780. The monoisotopic (exact) mass is 222 g/mol. The van der Waals surface area contributed by atoms with Gasteiger partial charge in [0.25, 0.3) is 0 Å². The third-order valence-electron chi connectivity index (χ3n) is 1.41. The van der Waals surface area contributed by atoms with Gasteiger partial charge in [-0.3, -0.25) is 0 Å². The first kappa shape index (κ1) is 10.3. The quantitative estimate of drug-likeness (QED) is 0.523. The van der Waals surface area contributed by atoms with Crippen molar-refractivity contribution in [1.82, 2.24) is 0 Å². The Morgan fingerprint density at radius 2 is 2.00 bits per heavy atom. The van der Waals surface area contributed by atoms with E-state index in [1.807, 2.05) is 0 Å². The highest BCUT2D eigenvalue weighted by Crippen LogP contribution is 2.32. The average Bonchev–Trinajstić information content (AvgIpc) is 1.98. The van der Waals surface area contributed by atoms with Gasteiger partial charge in [0, 0.05) is 16.7 Å². The van der Waals surface area contributed by atoms with E-state index in [2.05, 4.69) is 0 Å². The van der Waals surface area contributed by atoms with Gasteiger partial charge in [0.15, 0.2) is 22.6 Å². The van der Waals surface area contributed by atoms with Crippen LogP contribution < -0.4 is 0 Å². The van der Waals surface area contributed by atoms with Crippen LogP contribution in [0.1, 0.15) is 5.56 Å².